The molecule has 0 spiro atoms. The monoisotopic (exact) mass is 369 g/mol. The maximum absolute atomic E-state index is 12.5. The molecule has 0 aliphatic carbocycles. The summed E-state index contributed by atoms with van der Waals surface area (Å²) in [7, 11) is 0. The number of carbonyl (C=O) groups excluding carboxylic acids is 1. The van der Waals surface area contributed by atoms with Crippen LogP contribution >= 0.6 is 24.8 Å². The lowest BCUT2D eigenvalue weighted by Gasteiger charge is -2.37. The van der Waals surface area contributed by atoms with Gasteiger partial charge in [-0.2, -0.15) is 0 Å². The second-order valence-electron chi connectivity index (χ2n) is 6.90. The second kappa shape index (κ2) is 10.7. The molecular formula is C16H33Cl2N3O2. The van der Waals surface area contributed by atoms with Crippen LogP contribution in [-0.4, -0.2) is 56.2 Å². The van der Waals surface area contributed by atoms with Gasteiger partial charge in [0.05, 0.1) is 5.41 Å². The minimum Gasteiger partial charge on any atom is -0.381 e. The lowest BCUT2D eigenvalue weighted by atomic mass is 9.79. The Balaban J connectivity index is 0.00000242. The topological polar surface area (TPSA) is 67.6 Å². The highest BCUT2D eigenvalue weighted by molar-refractivity contribution is 5.85. The summed E-state index contributed by atoms with van der Waals surface area (Å²) in [6, 6.07) is 0.592. The lowest BCUT2D eigenvalue weighted by molar-refractivity contribution is -0.136. The van der Waals surface area contributed by atoms with Crippen LogP contribution in [0.25, 0.3) is 0 Å². The summed E-state index contributed by atoms with van der Waals surface area (Å²) < 4.78 is 5.37. The van der Waals surface area contributed by atoms with E-state index >= 15 is 0 Å². The number of likely N-dealkylation sites (tertiary alicyclic amines) is 1. The third-order valence-corrected chi connectivity index (χ3v) is 5.15. The maximum Gasteiger partial charge on any atom is 0.227 e. The Morgan fingerprint density at radius 3 is 2.57 bits per heavy atom. The smallest absolute Gasteiger partial charge is 0.227 e. The van der Waals surface area contributed by atoms with E-state index in [0.717, 1.165) is 25.9 Å². The number of halogens is 2. The van der Waals surface area contributed by atoms with E-state index < -0.39 is 5.41 Å². The van der Waals surface area contributed by atoms with E-state index in [-0.39, 0.29) is 30.7 Å². The van der Waals surface area contributed by atoms with Gasteiger partial charge in [-0.3, -0.25) is 4.79 Å². The molecule has 0 aromatic heterocycles. The Morgan fingerprint density at radius 2 is 2.00 bits per heavy atom. The molecule has 2 rings (SSSR count). The van der Waals surface area contributed by atoms with Crippen LogP contribution in [0, 0.1) is 11.3 Å². The molecule has 0 aromatic rings. The van der Waals surface area contributed by atoms with Gasteiger partial charge in [0.1, 0.15) is 0 Å². The molecule has 0 radical (unpaired) electrons. The van der Waals surface area contributed by atoms with Crippen molar-refractivity contribution in [3.05, 3.63) is 0 Å². The third-order valence-electron chi connectivity index (χ3n) is 5.15. The van der Waals surface area contributed by atoms with Crippen molar-refractivity contribution in [3.63, 3.8) is 0 Å². The van der Waals surface area contributed by atoms with Gasteiger partial charge in [-0.25, -0.2) is 0 Å². The number of amides is 1. The van der Waals surface area contributed by atoms with Crippen LogP contribution in [-0.2, 0) is 9.53 Å². The largest absolute Gasteiger partial charge is 0.381 e. The Kier molecular flexibility index (Phi) is 10.7. The first-order valence-electron chi connectivity index (χ1n) is 8.37. The quantitative estimate of drug-likeness (QED) is 0.775. The molecular weight excluding hydrogens is 337 g/mol. The molecule has 1 unspecified atom stereocenters. The summed E-state index contributed by atoms with van der Waals surface area (Å²) in [5.74, 6) is 0.703. The molecule has 2 saturated heterocycles. The van der Waals surface area contributed by atoms with Gasteiger partial charge in [-0.15, -0.1) is 24.8 Å². The highest BCUT2D eigenvalue weighted by Gasteiger charge is 2.38. The van der Waals surface area contributed by atoms with Crippen molar-refractivity contribution in [2.45, 2.75) is 45.6 Å². The summed E-state index contributed by atoms with van der Waals surface area (Å²) in [6.45, 7) is 9.27. The van der Waals surface area contributed by atoms with Crippen LogP contribution in [0.1, 0.15) is 39.5 Å². The number of nitrogens with one attached hydrogen (secondary N) is 1. The van der Waals surface area contributed by atoms with Gasteiger partial charge in [0.2, 0.25) is 5.91 Å². The van der Waals surface area contributed by atoms with E-state index in [0.29, 0.717) is 31.7 Å². The van der Waals surface area contributed by atoms with Crippen LogP contribution < -0.4 is 11.1 Å². The minimum atomic E-state index is -0.398. The number of carbonyl (C=O) groups is 1. The summed E-state index contributed by atoms with van der Waals surface area (Å²) in [6.07, 6.45) is 3.94. The molecule has 2 aliphatic rings. The predicted octanol–water partition coefficient (Wildman–Crippen LogP) is 1.82. The van der Waals surface area contributed by atoms with Gasteiger partial charge in [0.25, 0.3) is 0 Å². The molecule has 2 heterocycles. The molecule has 5 nitrogen and oxygen atoms in total. The maximum atomic E-state index is 12.5. The summed E-state index contributed by atoms with van der Waals surface area (Å²) >= 11 is 0. The first-order valence-corrected chi connectivity index (χ1v) is 8.37. The summed E-state index contributed by atoms with van der Waals surface area (Å²) in [5.41, 5.74) is 5.49. The van der Waals surface area contributed by atoms with Gasteiger partial charge in [-0.05, 0) is 52.0 Å². The van der Waals surface area contributed by atoms with Crippen LogP contribution in [0.15, 0.2) is 0 Å². The SMILES string of the molecule is CC(C)N1CCCC(CNC(=O)C2(CN)CCOCC2)C1.Cl.Cl. The average Bonchev–Trinajstić information content (AvgIpc) is 2.53. The van der Waals surface area contributed by atoms with Crippen molar-refractivity contribution >= 4 is 30.7 Å². The molecule has 3 N–H and O–H groups in total. The first-order chi connectivity index (χ1) is 10.1. The molecule has 0 saturated carbocycles. The van der Waals surface area contributed by atoms with Crippen LogP contribution in [0.3, 0.4) is 0 Å². The van der Waals surface area contributed by atoms with Gasteiger partial charge in [0, 0.05) is 38.9 Å². The Morgan fingerprint density at radius 1 is 1.35 bits per heavy atom. The fourth-order valence-electron chi connectivity index (χ4n) is 3.44. The molecule has 0 aromatic carbocycles. The van der Waals surface area contributed by atoms with Crippen LogP contribution in [0.5, 0.6) is 0 Å². The van der Waals surface area contributed by atoms with E-state index in [1.54, 1.807) is 0 Å². The molecule has 0 bridgehead atoms. The van der Waals surface area contributed by atoms with E-state index in [2.05, 4.69) is 24.1 Å². The Bertz CT molecular complexity index is 350. The molecule has 1 amide bonds. The van der Waals surface area contributed by atoms with Gasteiger partial charge < -0.3 is 20.7 Å². The number of nitrogens with zero attached hydrogens (tertiary/aromatic N) is 1. The standard InChI is InChI=1S/C16H31N3O2.2ClH/c1-13(2)19-7-3-4-14(11-19)10-18-15(20)16(12-17)5-8-21-9-6-16;;/h13-14H,3-12,17H2,1-2H3,(H,18,20);2*1H. The highest BCUT2D eigenvalue weighted by Crippen LogP contribution is 2.29. The van der Waals surface area contributed by atoms with Gasteiger partial charge >= 0.3 is 0 Å². The number of rotatable bonds is 5. The minimum absolute atomic E-state index is 0. The molecule has 2 fully saturated rings. The molecule has 138 valence electrons. The van der Waals surface area contributed by atoms with Gasteiger partial charge in [0.15, 0.2) is 0 Å². The van der Waals surface area contributed by atoms with Crippen LogP contribution in [0.4, 0.5) is 0 Å². The first kappa shape index (κ1) is 22.9. The van der Waals surface area contributed by atoms with Crippen molar-refractivity contribution in [1.82, 2.24) is 10.2 Å². The summed E-state index contributed by atoms with van der Waals surface area (Å²) in [4.78, 5) is 15.1. The predicted molar refractivity (Wildman–Crippen MR) is 98.5 cm³/mol. The molecule has 1 atom stereocenters. The average molecular weight is 370 g/mol. The number of piperidine rings is 1. The zero-order valence-corrected chi connectivity index (χ0v) is 16.0. The van der Waals surface area contributed by atoms with E-state index in [1.807, 2.05) is 0 Å². The van der Waals surface area contributed by atoms with Crippen molar-refractivity contribution < 1.29 is 9.53 Å². The molecule has 7 heteroatoms. The lowest BCUT2D eigenvalue weighted by Crippen LogP contribution is -2.51. The highest BCUT2D eigenvalue weighted by atomic mass is 35.5. The molecule has 23 heavy (non-hydrogen) atoms. The fraction of sp³-hybridized carbons (Fsp3) is 0.938. The second-order valence-corrected chi connectivity index (χ2v) is 6.90. The fourth-order valence-corrected chi connectivity index (χ4v) is 3.44. The number of hydrogen-bond acceptors (Lipinski definition) is 4. The van der Waals surface area contributed by atoms with Crippen molar-refractivity contribution in [2.75, 3.05) is 39.4 Å². The number of ether oxygens (including phenoxy) is 1. The Labute approximate surface area is 152 Å². The van der Waals surface area contributed by atoms with E-state index in [1.165, 1.54) is 19.4 Å². The van der Waals surface area contributed by atoms with Crippen LogP contribution in [0.2, 0.25) is 0 Å². The normalized spacial score (nSPS) is 24.4. The van der Waals surface area contributed by atoms with Gasteiger partial charge in [-0.1, -0.05) is 0 Å². The third kappa shape index (κ3) is 6.05. The number of nitrogens with two attached hydrogens (primary N) is 1. The Hall–Kier alpha value is -0.0700. The zero-order valence-electron chi connectivity index (χ0n) is 14.4. The molecule has 2 aliphatic heterocycles. The van der Waals surface area contributed by atoms with E-state index in [9.17, 15) is 4.79 Å². The van der Waals surface area contributed by atoms with Crippen molar-refractivity contribution in [2.24, 2.45) is 17.1 Å². The van der Waals surface area contributed by atoms with Crippen molar-refractivity contribution in [3.8, 4) is 0 Å². The van der Waals surface area contributed by atoms with Crippen molar-refractivity contribution in [1.29, 1.82) is 0 Å². The zero-order chi connectivity index (χ0) is 15.3. The number of hydrogen-bond donors (Lipinski definition) is 2. The summed E-state index contributed by atoms with van der Waals surface area (Å²) in [5, 5.41) is 3.17. The van der Waals surface area contributed by atoms with E-state index in [4.69, 9.17) is 10.5 Å².